The van der Waals surface area contributed by atoms with E-state index in [0.29, 0.717) is 36.5 Å². The molecule has 28 heavy (non-hydrogen) atoms. The average Bonchev–Trinajstić information content (AvgIpc) is 2.68. The van der Waals surface area contributed by atoms with E-state index >= 15 is 0 Å². The third kappa shape index (κ3) is 4.53. The maximum Gasteiger partial charge on any atom is 0.220 e. The number of benzene rings is 2. The van der Waals surface area contributed by atoms with E-state index in [-0.39, 0.29) is 17.2 Å². The molecule has 5 nitrogen and oxygen atoms in total. The second kappa shape index (κ2) is 8.91. The second-order valence-corrected chi connectivity index (χ2v) is 7.22. The first-order valence-electron chi connectivity index (χ1n) is 9.72. The minimum absolute atomic E-state index is 0.0233. The smallest absolute Gasteiger partial charge is 0.220 e. The molecule has 3 rings (SSSR count). The van der Waals surface area contributed by atoms with Gasteiger partial charge in [0.15, 0.2) is 17.3 Å². The lowest BCUT2D eigenvalue weighted by molar-refractivity contribution is -0.124. The van der Waals surface area contributed by atoms with Gasteiger partial charge in [-0.15, -0.1) is 0 Å². The van der Waals surface area contributed by atoms with Gasteiger partial charge in [-0.25, -0.2) is 0 Å². The summed E-state index contributed by atoms with van der Waals surface area (Å²) in [5, 5.41) is 3.23. The van der Waals surface area contributed by atoms with E-state index < -0.39 is 0 Å². The number of carbonyl (C=O) groups is 2. The molecule has 0 aliphatic heterocycles. The van der Waals surface area contributed by atoms with E-state index in [9.17, 15) is 9.59 Å². The Hall–Kier alpha value is -2.82. The van der Waals surface area contributed by atoms with Crippen molar-refractivity contribution in [2.24, 2.45) is 0 Å². The number of hydrogen-bond acceptors (Lipinski definition) is 4. The quantitative estimate of drug-likeness (QED) is 0.521. The van der Waals surface area contributed by atoms with Gasteiger partial charge in [-0.05, 0) is 56.4 Å². The van der Waals surface area contributed by atoms with Crippen LogP contribution < -0.4 is 14.8 Å². The van der Waals surface area contributed by atoms with Crippen LogP contribution in [0, 0.1) is 0 Å². The van der Waals surface area contributed by atoms with Gasteiger partial charge in [-0.3, -0.25) is 9.59 Å². The largest absolute Gasteiger partial charge is 0.493 e. The third-order valence-electron chi connectivity index (χ3n) is 5.29. The second-order valence-electron chi connectivity index (χ2n) is 7.22. The van der Waals surface area contributed by atoms with Crippen LogP contribution in [0.5, 0.6) is 11.5 Å². The lowest BCUT2D eigenvalue weighted by atomic mass is 9.71. The number of methoxy groups -OCH3 is 1. The van der Waals surface area contributed by atoms with Crippen LogP contribution in [0.4, 0.5) is 0 Å². The minimum Gasteiger partial charge on any atom is -0.493 e. The highest BCUT2D eigenvalue weighted by Gasteiger charge is 2.39. The maximum atomic E-state index is 12.4. The van der Waals surface area contributed by atoms with Gasteiger partial charge >= 0.3 is 0 Å². The Bertz CT molecular complexity index is 828. The number of ether oxygens (including phenoxy) is 2. The summed E-state index contributed by atoms with van der Waals surface area (Å²) in [6.45, 7) is 1.92. The molecule has 0 saturated heterocycles. The molecule has 5 heteroatoms. The fourth-order valence-corrected chi connectivity index (χ4v) is 3.52. The molecule has 2 aromatic carbocycles. The normalized spacial score (nSPS) is 14.6. The van der Waals surface area contributed by atoms with Crippen molar-refractivity contribution in [3.05, 3.63) is 59.7 Å². The van der Waals surface area contributed by atoms with E-state index in [1.165, 1.54) is 12.5 Å². The molecule has 0 bridgehead atoms. The SMILES string of the molecule is COc1cc(C(C)=O)ccc1OCCCC(=O)NC1(c2ccccc2)CCC1. The van der Waals surface area contributed by atoms with Gasteiger partial charge in [-0.2, -0.15) is 0 Å². The molecule has 1 N–H and O–H groups in total. The zero-order valence-electron chi connectivity index (χ0n) is 16.5. The summed E-state index contributed by atoms with van der Waals surface area (Å²) < 4.78 is 11.0. The molecule has 1 fully saturated rings. The van der Waals surface area contributed by atoms with Crippen molar-refractivity contribution in [1.29, 1.82) is 0 Å². The van der Waals surface area contributed by atoms with Crippen LogP contribution in [0.15, 0.2) is 48.5 Å². The van der Waals surface area contributed by atoms with Crippen LogP contribution in [0.3, 0.4) is 0 Å². The lowest BCUT2D eigenvalue weighted by Gasteiger charge is -2.43. The van der Waals surface area contributed by atoms with Crippen molar-refractivity contribution in [3.63, 3.8) is 0 Å². The lowest BCUT2D eigenvalue weighted by Crippen LogP contribution is -2.50. The summed E-state index contributed by atoms with van der Waals surface area (Å²) in [7, 11) is 1.54. The number of nitrogens with one attached hydrogen (secondary N) is 1. The van der Waals surface area contributed by atoms with E-state index in [2.05, 4.69) is 17.4 Å². The van der Waals surface area contributed by atoms with E-state index in [4.69, 9.17) is 9.47 Å². The van der Waals surface area contributed by atoms with Crippen LogP contribution in [-0.2, 0) is 10.3 Å². The summed E-state index contributed by atoms with van der Waals surface area (Å²) in [5.41, 5.74) is 1.56. The van der Waals surface area contributed by atoms with Crippen molar-refractivity contribution in [1.82, 2.24) is 5.32 Å². The van der Waals surface area contributed by atoms with Crippen LogP contribution in [-0.4, -0.2) is 25.4 Å². The molecule has 1 aliphatic carbocycles. The third-order valence-corrected chi connectivity index (χ3v) is 5.29. The topological polar surface area (TPSA) is 64.6 Å². The summed E-state index contributed by atoms with van der Waals surface area (Å²) >= 11 is 0. The molecule has 0 spiro atoms. The van der Waals surface area contributed by atoms with Crippen molar-refractivity contribution < 1.29 is 19.1 Å². The highest BCUT2D eigenvalue weighted by atomic mass is 16.5. The molecule has 0 aromatic heterocycles. The van der Waals surface area contributed by atoms with Gasteiger partial charge < -0.3 is 14.8 Å². The minimum atomic E-state index is -0.203. The number of ketones is 1. The molecule has 0 unspecified atom stereocenters. The fraction of sp³-hybridized carbons (Fsp3) is 0.391. The Balaban J connectivity index is 1.49. The standard InChI is InChI=1S/C23H27NO4/c1-17(25)18-11-12-20(21(16-18)27-2)28-15-6-10-22(26)24-23(13-7-14-23)19-8-4-3-5-9-19/h3-5,8-9,11-12,16H,6-7,10,13-15H2,1-2H3,(H,24,26). The summed E-state index contributed by atoms with van der Waals surface area (Å²) in [5.74, 6) is 1.12. The zero-order valence-corrected chi connectivity index (χ0v) is 16.5. The summed E-state index contributed by atoms with van der Waals surface area (Å²) in [6, 6.07) is 15.3. The van der Waals surface area contributed by atoms with Crippen molar-refractivity contribution in [3.8, 4) is 11.5 Å². The van der Waals surface area contributed by atoms with E-state index in [1.54, 1.807) is 25.3 Å². The Morgan fingerprint density at radius 2 is 1.82 bits per heavy atom. The van der Waals surface area contributed by atoms with Gasteiger partial charge in [0.1, 0.15) is 0 Å². The summed E-state index contributed by atoms with van der Waals surface area (Å²) in [6.07, 6.45) is 4.11. The molecule has 0 radical (unpaired) electrons. The first kappa shape index (κ1) is 19.9. The van der Waals surface area contributed by atoms with Gasteiger partial charge in [0, 0.05) is 12.0 Å². The monoisotopic (exact) mass is 381 g/mol. The van der Waals surface area contributed by atoms with Gasteiger partial charge in [0.25, 0.3) is 0 Å². The van der Waals surface area contributed by atoms with Crippen molar-refractivity contribution in [2.75, 3.05) is 13.7 Å². The Labute approximate surface area is 166 Å². The van der Waals surface area contributed by atoms with Crippen molar-refractivity contribution >= 4 is 11.7 Å². The molecule has 148 valence electrons. The van der Waals surface area contributed by atoms with Crippen LogP contribution in [0.1, 0.15) is 54.9 Å². The molecule has 1 aliphatic rings. The highest BCUT2D eigenvalue weighted by molar-refractivity contribution is 5.94. The number of amides is 1. The Morgan fingerprint density at radius 3 is 2.43 bits per heavy atom. The first-order chi connectivity index (χ1) is 13.5. The number of Topliss-reactive ketones (excluding diaryl/α,β-unsaturated/α-hetero) is 1. The average molecular weight is 381 g/mol. The Kier molecular flexibility index (Phi) is 6.34. The zero-order chi connectivity index (χ0) is 20.0. The Morgan fingerprint density at radius 1 is 1.07 bits per heavy atom. The van der Waals surface area contributed by atoms with E-state index in [0.717, 1.165) is 19.3 Å². The van der Waals surface area contributed by atoms with Crippen LogP contribution in [0.2, 0.25) is 0 Å². The predicted molar refractivity (Wildman–Crippen MR) is 108 cm³/mol. The molecule has 1 saturated carbocycles. The number of carbonyl (C=O) groups excluding carboxylic acids is 2. The first-order valence-corrected chi connectivity index (χ1v) is 9.72. The van der Waals surface area contributed by atoms with Crippen LogP contribution >= 0.6 is 0 Å². The van der Waals surface area contributed by atoms with Crippen LogP contribution in [0.25, 0.3) is 0 Å². The molecule has 0 heterocycles. The molecule has 0 atom stereocenters. The van der Waals surface area contributed by atoms with Gasteiger partial charge in [-0.1, -0.05) is 30.3 Å². The molecular weight excluding hydrogens is 354 g/mol. The number of hydrogen-bond donors (Lipinski definition) is 1. The molecular formula is C23H27NO4. The van der Waals surface area contributed by atoms with Gasteiger partial charge in [0.05, 0.1) is 19.3 Å². The highest BCUT2D eigenvalue weighted by Crippen LogP contribution is 2.41. The molecule has 1 amide bonds. The molecule has 2 aromatic rings. The van der Waals surface area contributed by atoms with E-state index in [1.807, 2.05) is 18.2 Å². The van der Waals surface area contributed by atoms with Gasteiger partial charge in [0.2, 0.25) is 5.91 Å². The maximum absolute atomic E-state index is 12.4. The van der Waals surface area contributed by atoms with Crippen molar-refractivity contribution in [2.45, 2.75) is 44.6 Å². The number of rotatable bonds is 9. The predicted octanol–water partition coefficient (Wildman–Crippen LogP) is 4.25. The summed E-state index contributed by atoms with van der Waals surface area (Å²) in [4.78, 5) is 23.9. The fourth-order valence-electron chi connectivity index (χ4n) is 3.52.